The predicted octanol–water partition coefficient (Wildman–Crippen LogP) is 5.48. The van der Waals surface area contributed by atoms with Crippen molar-refractivity contribution in [2.45, 2.75) is 50.5 Å². The maximum Gasteiger partial charge on any atom is 0.274 e. The molecule has 2 aliphatic carbocycles. The van der Waals surface area contributed by atoms with Gasteiger partial charge in [-0.1, -0.05) is 36.8 Å². The van der Waals surface area contributed by atoms with Gasteiger partial charge in [-0.25, -0.2) is 0 Å². The average Bonchev–Trinajstić information content (AvgIpc) is 3.72. The van der Waals surface area contributed by atoms with Gasteiger partial charge in [-0.05, 0) is 68.0 Å². The molecule has 1 aromatic carbocycles. The smallest absolute Gasteiger partial charge is 0.274 e. The second kappa shape index (κ2) is 10.00. The summed E-state index contributed by atoms with van der Waals surface area (Å²) in [6, 6.07) is 15.6. The monoisotopic (exact) mass is 451 g/mol. The molecule has 3 N–H and O–H groups in total. The van der Waals surface area contributed by atoms with Gasteiger partial charge in [0.15, 0.2) is 0 Å². The fraction of sp³-hybridized carbons (Fsp3) is 0.286. The second-order valence-electron chi connectivity index (χ2n) is 9.00. The molecule has 0 aliphatic heterocycles. The van der Waals surface area contributed by atoms with Crippen molar-refractivity contribution >= 4 is 17.4 Å². The topological polar surface area (TPSA) is 93.3 Å². The Kier molecular flexibility index (Phi) is 6.47. The van der Waals surface area contributed by atoms with Crippen LogP contribution in [0, 0.1) is 0 Å². The standard InChI is InChI=1S/C28H29N5O/c29-27(32-23-11-12-23)21-8-5-9-24(16-21)33-28(34)26-17-20(14-15-30-26)22-10-13-25(31-18-22)19-6-3-1-2-4-7-19/h3,5-6,8-10,13-19,23H,1-2,4,7,11-12H2,(H2,29,32)(H,33,34). The van der Waals surface area contributed by atoms with E-state index in [0.29, 0.717) is 29.2 Å². The highest BCUT2D eigenvalue weighted by molar-refractivity contribution is 6.05. The molecule has 172 valence electrons. The number of nitrogens with two attached hydrogens (primary N) is 1. The van der Waals surface area contributed by atoms with E-state index in [1.165, 1.54) is 12.8 Å². The normalized spacial score (nSPS) is 18.4. The first kappa shape index (κ1) is 22.0. The minimum atomic E-state index is -0.273. The van der Waals surface area contributed by atoms with Crippen molar-refractivity contribution in [1.82, 2.24) is 9.97 Å². The minimum absolute atomic E-state index is 0.273. The van der Waals surface area contributed by atoms with Gasteiger partial charge in [-0.15, -0.1) is 0 Å². The SMILES string of the molecule is NC(=NC1CC1)c1cccc(NC(=O)c2cc(-c3ccc(C4C=CCCCC4)nc3)ccn2)c1. The van der Waals surface area contributed by atoms with Crippen molar-refractivity contribution < 1.29 is 4.79 Å². The fourth-order valence-corrected chi connectivity index (χ4v) is 4.19. The summed E-state index contributed by atoms with van der Waals surface area (Å²) >= 11 is 0. The number of carbonyl (C=O) groups excluding carboxylic acids is 1. The molecule has 1 fully saturated rings. The van der Waals surface area contributed by atoms with Gasteiger partial charge in [0, 0.05) is 40.8 Å². The molecule has 2 heterocycles. The summed E-state index contributed by atoms with van der Waals surface area (Å²) in [6.45, 7) is 0. The summed E-state index contributed by atoms with van der Waals surface area (Å²) < 4.78 is 0. The first-order valence-electron chi connectivity index (χ1n) is 12.0. The van der Waals surface area contributed by atoms with Crippen LogP contribution in [0.15, 0.2) is 78.1 Å². The van der Waals surface area contributed by atoms with Gasteiger partial charge < -0.3 is 11.1 Å². The molecule has 6 nitrogen and oxygen atoms in total. The van der Waals surface area contributed by atoms with E-state index < -0.39 is 0 Å². The maximum atomic E-state index is 12.9. The number of nitrogens with one attached hydrogen (secondary N) is 1. The van der Waals surface area contributed by atoms with E-state index in [2.05, 4.69) is 39.6 Å². The van der Waals surface area contributed by atoms with Crippen molar-refractivity contribution in [3.8, 4) is 11.1 Å². The molecule has 2 aliphatic rings. The van der Waals surface area contributed by atoms with E-state index >= 15 is 0 Å². The highest BCUT2D eigenvalue weighted by Gasteiger charge is 2.21. The van der Waals surface area contributed by atoms with Gasteiger partial charge in [0.1, 0.15) is 11.5 Å². The van der Waals surface area contributed by atoms with Crippen LogP contribution in [0.3, 0.4) is 0 Å². The van der Waals surface area contributed by atoms with Crippen LogP contribution in [-0.2, 0) is 0 Å². The van der Waals surface area contributed by atoms with Crippen LogP contribution >= 0.6 is 0 Å². The Labute approximate surface area is 200 Å². The molecule has 0 radical (unpaired) electrons. The van der Waals surface area contributed by atoms with Gasteiger partial charge in [0.2, 0.25) is 0 Å². The first-order chi connectivity index (χ1) is 16.7. The van der Waals surface area contributed by atoms with E-state index in [9.17, 15) is 4.79 Å². The number of allylic oxidation sites excluding steroid dienone is 2. The van der Waals surface area contributed by atoms with Crippen LogP contribution in [0.4, 0.5) is 5.69 Å². The number of amides is 1. The summed E-state index contributed by atoms with van der Waals surface area (Å²) in [5, 5.41) is 2.92. The molecule has 1 unspecified atom stereocenters. The Morgan fingerprint density at radius 1 is 1.00 bits per heavy atom. The molecule has 3 aromatic rings. The quantitative estimate of drug-likeness (QED) is 0.295. The number of rotatable bonds is 6. The first-order valence-corrected chi connectivity index (χ1v) is 12.0. The van der Waals surface area contributed by atoms with E-state index in [-0.39, 0.29) is 5.91 Å². The lowest BCUT2D eigenvalue weighted by atomic mass is 9.98. The number of anilines is 1. The van der Waals surface area contributed by atoms with Gasteiger partial charge >= 0.3 is 0 Å². The number of amidine groups is 1. The van der Waals surface area contributed by atoms with Gasteiger partial charge in [0.25, 0.3) is 5.91 Å². The molecule has 34 heavy (non-hydrogen) atoms. The van der Waals surface area contributed by atoms with E-state index in [0.717, 1.165) is 48.1 Å². The molecule has 0 saturated heterocycles. The molecule has 0 bridgehead atoms. The molecule has 6 heteroatoms. The van der Waals surface area contributed by atoms with Gasteiger partial charge in [0.05, 0.1) is 6.04 Å². The van der Waals surface area contributed by atoms with Crippen molar-refractivity contribution in [1.29, 1.82) is 0 Å². The fourth-order valence-electron chi connectivity index (χ4n) is 4.19. The number of pyridine rings is 2. The molecule has 0 spiro atoms. The maximum absolute atomic E-state index is 12.9. The third-order valence-corrected chi connectivity index (χ3v) is 6.28. The Balaban J connectivity index is 1.30. The zero-order chi connectivity index (χ0) is 23.3. The highest BCUT2D eigenvalue weighted by Crippen LogP contribution is 2.28. The van der Waals surface area contributed by atoms with Crippen LogP contribution < -0.4 is 11.1 Å². The van der Waals surface area contributed by atoms with Crippen LogP contribution in [-0.4, -0.2) is 27.8 Å². The Hall–Kier alpha value is -3.80. The van der Waals surface area contributed by atoms with E-state index in [1.807, 2.05) is 36.5 Å². The average molecular weight is 452 g/mol. The van der Waals surface area contributed by atoms with Gasteiger partial charge in [-0.3, -0.25) is 19.8 Å². The third-order valence-electron chi connectivity index (χ3n) is 6.28. The molecule has 5 rings (SSSR count). The predicted molar refractivity (Wildman–Crippen MR) is 136 cm³/mol. The lowest BCUT2D eigenvalue weighted by Crippen LogP contribution is -2.16. The summed E-state index contributed by atoms with van der Waals surface area (Å²) in [5.74, 6) is 0.619. The summed E-state index contributed by atoms with van der Waals surface area (Å²) in [4.78, 5) is 26.4. The van der Waals surface area contributed by atoms with Crippen molar-refractivity contribution in [2.75, 3.05) is 5.32 Å². The zero-order valence-electron chi connectivity index (χ0n) is 19.2. The molecule has 1 atom stereocenters. The van der Waals surface area contributed by atoms with Crippen molar-refractivity contribution in [3.05, 3.63) is 90.0 Å². The Bertz CT molecular complexity index is 1230. The summed E-state index contributed by atoms with van der Waals surface area (Å²) in [6.07, 6.45) is 15.0. The number of nitrogens with zero attached hydrogens (tertiary/aromatic N) is 3. The summed E-state index contributed by atoms with van der Waals surface area (Å²) in [5.41, 5.74) is 10.9. The van der Waals surface area contributed by atoms with Crippen molar-refractivity contribution in [2.24, 2.45) is 10.7 Å². The number of carbonyl (C=O) groups is 1. The number of benzene rings is 1. The molecular formula is C28H29N5O. The molecular weight excluding hydrogens is 422 g/mol. The van der Waals surface area contributed by atoms with Crippen LogP contribution in [0.5, 0.6) is 0 Å². The molecule has 1 amide bonds. The number of aromatic nitrogens is 2. The second-order valence-corrected chi connectivity index (χ2v) is 9.00. The van der Waals surface area contributed by atoms with E-state index in [4.69, 9.17) is 10.7 Å². The largest absolute Gasteiger partial charge is 0.383 e. The van der Waals surface area contributed by atoms with Crippen LogP contribution in [0.1, 0.15) is 66.2 Å². The lowest BCUT2D eigenvalue weighted by molar-refractivity contribution is 0.102. The Morgan fingerprint density at radius 2 is 1.91 bits per heavy atom. The third kappa shape index (κ3) is 5.39. The van der Waals surface area contributed by atoms with E-state index in [1.54, 1.807) is 12.3 Å². The summed E-state index contributed by atoms with van der Waals surface area (Å²) in [7, 11) is 0. The number of aliphatic imine (C=N–C) groups is 1. The van der Waals surface area contributed by atoms with Gasteiger partial charge in [-0.2, -0.15) is 0 Å². The van der Waals surface area contributed by atoms with Crippen LogP contribution in [0.2, 0.25) is 0 Å². The minimum Gasteiger partial charge on any atom is -0.383 e. The number of hydrogen-bond donors (Lipinski definition) is 2. The molecule has 2 aromatic heterocycles. The highest BCUT2D eigenvalue weighted by atomic mass is 16.1. The zero-order valence-corrected chi connectivity index (χ0v) is 19.2. The van der Waals surface area contributed by atoms with Crippen LogP contribution in [0.25, 0.3) is 11.1 Å². The lowest BCUT2D eigenvalue weighted by Gasteiger charge is -2.11. The Morgan fingerprint density at radius 3 is 2.74 bits per heavy atom. The number of hydrogen-bond acceptors (Lipinski definition) is 4. The van der Waals surface area contributed by atoms with Crippen molar-refractivity contribution in [3.63, 3.8) is 0 Å². The molecule has 1 saturated carbocycles.